The van der Waals surface area contributed by atoms with E-state index in [1.165, 1.54) is 23.1 Å². The molecular weight excluding hydrogens is 446 g/mol. The fourth-order valence-corrected chi connectivity index (χ4v) is 6.46. The van der Waals surface area contributed by atoms with Gasteiger partial charge in [-0.05, 0) is 86.8 Å². The summed E-state index contributed by atoms with van der Waals surface area (Å²) in [7, 11) is 0. The molecule has 2 aliphatic rings. The lowest BCUT2D eigenvalue weighted by Gasteiger charge is -2.59. The number of hydrogen-bond acceptors (Lipinski definition) is 4. The van der Waals surface area contributed by atoms with Gasteiger partial charge < -0.3 is 10.2 Å². The SMILES string of the molecule is CC(=O)c1ccc2c(c1)CC[C@@H]1C[C@@](O)(c3ccccn3)[C@](C)(O)C[C@@]21Cc1ccccc1.CCC. The van der Waals surface area contributed by atoms with Crippen molar-refractivity contribution >= 4 is 5.78 Å². The monoisotopic (exact) mass is 485 g/mol. The summed E-state index contributed by atoms with van der Waals surface area (Å²) in [6.07, 6.45) is 6.31. The van der Waals surface area contributed by atoms with Crippen molar-refractivity contribution in [2.75, 3.05) is 0 Å². The minimum absolute atomic E-state index is 0.0669. The number of rotatable bonds is 4. The number of fused-ring (bicyclic) bond motifs is 3. The first-order valence-electron chi connectivity index (χ1n) is 13.2. The van der Waals surface area contributed by atoms with Gasteiger partial charge in [-0.2, -0.15) is 0 Å². The molecule has 1 heterocycles. The van der Waals surface area contributed by atoms with Crippen LogP contribution >= 0.6 is 0 Å². The van der Waals surface area contributed by atoms with Gasteiger partial charge >= 0.3 is 0 Å². The lowest BCUT2D eigenvalue weighted by Crippen LogP contribution is -2.63. The van der Waals surface area contributed by atoms with Crippen LogP contribution in [0.1, 0.15) is 86.1 Å². The molecule has 3 aromatic rings. The smallest absolute Gasteiger partial charge is 0.159 e. The number of ketones is 1. The van der Waals surface area contributed by atoms with Crippen LogP contribution in [0.5, 0.6) is 0 Å². The van der Waals surface area contributed by atoms with Crippen LogP contribution in [0.15, 0.2) is 72.9 Å². The molecular formula is C32H39NO3. The van der Waals surface area contributed by atoms with Gasteiger partial charge in [0.25, 0.3) is 0 Å². The Kier molecular flexibility index (Phi) is 7.49. The zero-order valence-electron chi connectivity index (χ0n) is 22.0. The van der Waals surface area contributed by atoms with Gasteiger partial charge in [0, 0.05) is 17.2 Å². The van der Waals surface area contributed by atoms with Gasteiger partial charge in [0.2, 0.25) is 0 Å². The van der Waals surface area contributed by atoms with Gasteiger partial charge in [-0.15, -0.1) is 0 Å². The normalized spacial score (nSPS) is 28.8. The largest absolute Gasteiger partial charge is 0.387 e. The number of hydrogen-bond donors (Lipinski definition) is 2. The average Bonchev–Trinajstić information content (AvgIpc) is 2.86. The second kappa shape index (κ2) is 10.3. The second-order valence-electron chi connectivity index (χ2n) is 10.9. The van der Waals surface area contributed by atoms with E-state index in [2.05, 4.69) is 49.2 Å². The van der Waals surface area contributed by atoms with E-state index < -0.39 is 11.2 Å². The first kappa shape index (κ1) is 26.2. The number of Topliss-reactive ketones (excluding diaryl/α,β-unsaturated/α-hetero) is 1. The Morgan fingerprint density at radius 1 is 1.03 bits per heavy atom. The van der Waals surface area contributed by atoms with Crippen molar-refractivity contribution in [3.05, 3.63) is 101 Å². The third kappa shape index (κ3) is 4.65. The molecule has 2 aromatic carbocycles. The van der Waals surface area contributed by atoms with Crippen molar-refractivity contribution < 1.29 is 15.0 Å². The number of aromatic nitrogens is 1. The summed E-state index contributed by atoms with van der Waals surface area (Å²) in [5.41, 5.74) is 1.73. The van der Waals surface area contributed by atoms with Crippen LogP contribution in [0.2, 0.25) is 0 Å². The Balaban J connectivity index is 0.000000967. The summed E-state index contributed by atoms with van der Waals surface area (Å²) >= 11 is 0. The summed E-state index contributed by atoms with van der Waals surface area (Å²) < 4.78 is 0. The Morgan fingerprint density at radius 2 is 1.72 bits per heavy atom. The summed E-state index contributed by atoms with van der Waals surface area (Å²) in [6, 6.07) is 22.0. The molecule has 1 fully saturated rings. The molecule has 4 nitrogen and oxygen atoms in total. The van der Waals surface area contributed by atoms with E-state index in [-0.39, 0.29) is 17.1 Å². The highest BCUT2D eigenvalue weighted by molar-refractivity contribution is 5.94. The molecule has 0 spiro atoms. The van der Waals surface area contributed by atoms with Gasteiger partial charge in [-0.25, -0.2) is 0 Å². The molecule has 2 N–H and O–H groups in total. The molecule has 190 valence electrons. The molecule has 0 unspecified atom stereocenters. The maximum absolute atomic E-state index is 12.0. The van der Waals surface area contributed by atoms with Crippen molar-refractivity contribution in [2.45, 2.75) is 82.8 Å². The molecule has 1 aromatic heterocycles. The minimum Gasteiger partial charge on any atom is -0.387 e. The van der Waals surface area contributed by atoms with Crippen molar-refractivity contribution in [3.8, 4) is 0 Å². The second-order valence-corrected chi connectivity index (χ2v) is 10.9. The Bertz CT molecular complexity index is 1190. The van der Waals surface area contributed by atoms with Gasteiger partial charge in [0.05, 0.1) is 11.3 Å². The maximum atomic E-state index is 12.0. The van der Waals surface area contributed by atoms with Gasteiger partial charge in [-0.3, -0.25) is 9.78 Å². The first-order chi connectivity index (χ1) is 17.2. The summed E-state index contributed by atoms with van der Waals surface area (Å²) in [5.74, 6) is 0.234. The van der Waals surface area contributed by atoms with Crippen LogP contribution in [0.25, 0.3) is 0 Å². The first-order valence-corrected chi connectivity index (χ1v) is 13.2. The van der Waals surface area contributed by atoms with Crippen LogP contribution in [0.3, 0.4) is 0 Å². The van der Waals surface area contributed by atoms with E-state index in [0.29, 0.717) is 18.5 Å². The van der Waals surface area contributed by atoms with E-state index in [9.17, 15) is 15.0 Å². The quantitative estimate of drug-likeness (QED) is 0.433. The molecule has 0 saturated heterocycles. The topological polar surface area (TPSA) is 70.4 Å². The Labute approximate surface area is 215 Å². The lowest BCUT2D eigenvalue weighted by atomic mass is 9.48. The highest BCUT2D eigenvalue weighted by Gasteiger charge is 2.62. The lowest BCUT2D eigenvalue weighted by molar-refractivity contribution is -0.206. The third-order valence-corrected chi connectivity index (χ3v) is 8.14. The minimum atomic E-state index is -1.42. The number of pyridine rings is 1. The fourth-order valence-electron chi connectivity index (χ4n) is 6.46. The summed E-state index contributed by atoms with van der Waals surface area (Å²) in [5, 5.41) is 23.8. The summed E-state index contributed by atoms with van der Waals surface area (Å²) in [4.78, 5) is 16.5. The molecule has 0 bridgehead atoms. The van der Waals surface area contributed by atoms with Crippen LogP contribution in [-0.2, 0) is 23.9 Å². The summed E-state index contributed by atoms with van der Waals surface area (Å²) in [6.45, 7) is 7.61. The van der Waals surface area contributed by atoms with Crippen LogP contribution < -0.4 is 0 Å². The van der Waals surface area contributed by atoms with E-state index in [1.807, 2.05) is 36.4 Å². The number of aliphatic hydroxyl groups is 2. The maximum Gasteiger partial charge on any atom is 0.159 e. The highest BCUT2D eigenvalue weighted by Crippen LogP contribution is 2.59. The van der Waals surface area contributed by atoms with Gasteiger partial charge in [0.1, 0.15) is 5.60 Å². The van der Waals surface area contributed by atoms with Crippen molar-refractivity contribution in [3.63, 3.8) is 0 Å². The molecule has 4 heteroatoms. The van der Waals surface area contributed by atoms with Crippen LogP contribution in [0, 0.1) is 5.92 Å². The number of carbonyl (C=O) groups is 1. The zero-order valence-corrected chi connectivity index (χ0v) is 22.0. The van der Waals surface area contributed by atoms with E-state index in [4.69, 9.17) is 0 Å². The van der Waals surface area contributed by atoms with E-state index in [0.717, 1.165) is 24.8 Å². The highest BCUT2D eigenvalue weighted by atomic mass is 16.4. The molecule has 0 amide bonds. The predicted molar refractivity (Wildman–Crippen MR) is 144 cm³/mol. The van der Waals surface area contributed by atoms with Crippen LogP contribution in [-0.4, -0.2) is 26.6 Å². The van der Waals surface area contributed by atoms with Crippen molar-refractivity contribution in [1.82, 2.24) is 4.98 Å². The fraction of sp³-hybridized carbons (Fsp3) is 0.438. The Morgan fingerprint density at radius 3 is 2.36 bits per heavy atom. The number of aryl methyl sites for hydroxylation is 1. The molecule has 0 aliphatic heterocycles. The van der Waals surface area contributed by atoms with Gasteiger partial charge in [-0.1, -0.05) is 68.8 Å². The number of nitrogens with zero attached hydrogens (tertiary/aromatic N) is 1. The Hall–Kier alpha value is -2.82. The van der Waals surface area contributed by atoms with Crippen molar-refractivity contribution in [1.29, 1.82) is 0 Å². The molecule has 2 aliphatic carbocycles. The van der Waals surface area contributed by atoms with Crippen molar-refractivity contribution in [2.24, 2.45) is 5.92 Å². The molecule has 5 rings (SSSR count). The predicted octanol–water partition coefficient (Wildman–Crippen LogP) is 6.18. The molecule has 0 radical (unpaired) electrons. The number of benzene rings is 2. The average molecular weight is 486 g/mol. The zero-order chi connectivity index (χ0) is 26.0. The third-order valence-electron chi connectivity index (χ3n) is 8.14. The van der Waals surface area contributed by atoms with Gasteiger partial charge in [0.15, 0.2) is 5.78 Å². The molecule has 4 atom stereocenters. The standard InChI is InChI=1S/C29H31NO3.C3H8/c1-20(31)22-12-14-25-23(16-22)11-13-24-18-29(33,26-10-6-7-15-30-26)27(2,32)19-28(24,25)17-21-8-4-3-5-9-21;1-3-2/h3-10,12,14-16,24,32-33H,11,13,17-19H2,1-2H3;3H2,1-2H3/t24-,27-,28-,29-;/m1./s1. The van der Waals surface area contributed by atoms with E-state index >= 15 is 0 Å². The molecule has 36 heavy (non-hydrogen) atoms. The van der Waals surface area contributed by atoms with E-state index in [1.54, 1.807) is 20.0 Å². The molecule has 1 saturated carbocycles. The van der Waals surface area contributed by atoms with Crippen LogP contribution in [0.4, 0.5) is 0 Å². The number of carbonyl (C=O) groups excluding carboxylic acids is 1.